The molecule has 2 aromatic heterocycles. The quantitative estimate of drug-likeness (QED) is 0.726. The predicted molar refractivity (Wildman–Crippen MR) is 89.5 cm³/mol. The second kappa shape index (κ2) is 5.93. The van der Waals surface area contributed by atoms with Crippen LogP contribution in [0.2, 0.25) is 0 Å². The number of likely N-dealkylation sites (N-methyl/N-ethyl adjacent to an activating group) is 1. The molecule has 22 heavy (non-hydrogen) atoms. The Morgan fingerprint density at radius 2 is 1.82 bits per heavy atom. The number of nitrogens with zero attached hydrogens (tertiary/aromatic N) is 4. The van der Waals surface area contributed by atoms with Gasteiger partial charge in [0.05, 0.1) is 11.0 Å². The van der Waals surface area contributed by atoms with Crippen LogP contribution >= 0.6 is 0 Å². The molecule has 0 aliphatic rings. The second-order valence-corrected chi connectivity index (χ2v) is 5.54. The van der Waals surface area contributed by atoms with Crippen molar-refractivity contribution in [3.8, 4) is 0 Å². The van der Waals surface area contributed by atoms with E-state index in [0.29, 0.717) is 0 Å². The van der Waals surface area contributed by atoms with Gasteiger partial charge >= 0.3 is 0 Å². The zero-order chi connectivity index (χ0) is 15.7. The molecule has 5 nitrogen and oxygen atoms in total. The zero-order valence-electron chi connectivity index (χ0n) is 13.4. The van der Waals surface area contributed by atoms with Gasteiger partial charge in [-0.2, -0.15) is 0 Å². The Balaban J connectivity index is 2.20. The lowest BCUT2D eigenvalue weighted by Crippen LogP contribution is -2.27. The first-order valence-electron chi connectivity index (χ1n) is 7.85. The van der Waals surface area contributed by atoms with Crippen molar-refractivity contribution >= 4 is 16.8 Å². The van der Waals surface area contributed by atoms with E-state index in [9.17, 15) is 4.79 Å². The van der Waals surface area contributed by atoms with Gasteiger partial charge in [-0.1, -0.05) is 26.0 Å². The van der Waals surface area contributed by atoms with Crippen LogP contribution in [0.15, 0.2) is 35.1 Å². The van der Waals surface area contributed by atoms with E-state index in [4.69, 9.17) is 0 Å². The number of imidazole rings is 1. The Kier molecular flexibility index (Phi) is 3.98. The maximum atomic E-state index is 12.4. The summed E-state index contributed by atoms with van der Waals surface area (Å²) >= 11 is 0. The highest BCUT2D eigenvalue weighted by Gasteiger charge is 2.13. The van der Waals surface area contributed by atoms with E-state index in [1.165, 1.54) is 0 Å². The standard InChI is InChI=1S/C17H22N4O/c1-4-19(5-2)10-11-20-14-8-6-7-9-15(14)21-16(22)12-13(3)18-17(20)21/h6-9,12H,4-5,10-11H2,1-3H3. The number of fused-ring (bicyclic) bond motifs is 3. The van der Waals surface area contributed by atoms with Crippen LogP contribution in [0.1, 0.15) is 19.5 Å². The summed E-state index contributed by atoms with van der Waals surface area (Å²) < 4.78 is 3.87. The average Bonchev–Trinajstić information content (AvgIpc) is 2.82. The molecule has 116 valence electrons. The minimum absolute atomic E-state index is 0.0136. The number of aromatic nitrogens is 3. The van der Waals surface area contributed by atoms with Gasteiger partial charge in [0.25, 0.3) is 5.56 Å². The maximum absolute atomic E-state index is 12.4. The van der Waals surface area contributed by atoms with E-state index in [2.05, 4.69) is 34.4 Å². The fraction of sp³-hybridized carbons (Fsp3) is 0.412. The second-order valence-electron chi connectivity index (χ2n) is 5.54. The Hall–Kier alpha value is -2.14. The lowest BCUT2D eigenvalue weighted by atomic mass is 10.3. The fourth-order valence-corrected chi connectivity index (χ4v) is 2.98. The van der Waals surface area contributed by atoms with Crippen molar-refractivity contribution in [1.82, 2.24) is 18.9 Å². The van der Waals surface area contributed by atoms with Gasteiger partial charge in [-0.25, -0.2) is 9.38 Å². The third-order valence-electron chi connectivity index (χ3n) is 4.22. The normalized spacial score (nSPS) is 11.8. The minimum Gasteiger partial charge on any atom is -0.308 e. The van der Waals surface area contributed by atoms with Crippen LogP contribution in [-0.4, -0.2) is 38.5 Å². The molecule has 0 saturated heterocycles. The number of benzene rings is 1. The van der Waals surface area contributed by atoms with E-state index < -0.39 is 0 Å². The summed E-state index contributed by atoms with van der Waals surface area (Å²) in [5.74, 6) is 0.735. The first kappa shape index (κ1) is 14.8. The van der Waals surface area contributed by atoms with E-state index in [0.717, 1.165) is 48.7 Å². The summed E-state index contributed by atoms with van der Waals surface area (Å²) in [5, 5.41) is 0. The molecule has 0 N–H and O–H groups in total. The summed E-state index contributed by atoms with van der Waals surface area (Å²) in [6.45, 7) is 10.0. The van der Waals surface area contributed by atoms with Gasteiger partial charge in [0.2, 0.25) is 5.78 Å². The Bertz CT molecular complexity index is 858. The number of rotatable bonds is 5. The van der Waals surface area contributed by atoms with Gasteiger partial charge in [0, 0.05) is 24.8 Å². The molecule has 5 heteroatoms. The molecule has 0 unspecified atom stereocenters. The summed E-state index contributed by atoms with van der Waals surface area (Å²) in [6.07, 6.45) is 0. The zero-order valence-corrected chi connectivity index (χ0v) is 13.4. The summed E-state index contributed by atoms with van der Waals surface area (Å²) in [4.78, 5) is 19.4. The van der Waals surface area contributed by atoms with Crippen molar-refractivity contribution in [3.05, 3.63) is 46.4 Å². The van der Waals surface area contributed by atoms with Gasteiger partial charge in [-0.3, -0.25) is 4.79 Å². The van der Waals surface area contributed by atoms with E-state index in [1.54, 1.807) is 10.5 Å². The SMILES string of the molecule is CCN(CC)CCn1c2ccccc2n2c(=O)cc(C)nc12. The molecule has 0 spiro atoms. The van der Waals surface area contributed by atoms with Crippen LogP contribution in [0.3, 0.4) is 0 Å². The van der Waals surface area contributed by atoms with Crippen molar-refractivity contribution in [1.29, 1.82) is 0 Å². The molecule has 0 amide bonds. The number of aryl methyl sites for hydroxylation is 1. The van der Waals surface area contributed by atoms with Crippen LogP contribution in [0.5, 0.6) is 0 Å². The molecule has 3 aromatic rings. The lowest BCUT2D eigenvalue weighted by molar-refractivity contribution is 0.293. The van der Waals surface area contributed by atoms with Crippen LogP contribution < -0.4 is 5.56 Å². The highest BCUT2D eigenvalue weighted by molar-refractivity contribution is 5.80. The summed E-state index contributed by atoms with van der Waals surface area (Å²) in [5.41, 5.74) is 2.73. The van der Waals surface area contributed by atoms with Gasteiger partial charge in [-0.15, -0.1) is 0 Å². The van der Waals surface area contributed by atoms with Crippen LogP contribution in [0.25, 0.3) is 16.8 Å². The number of hydrogen-bond donors (Lipinski definition) is 0. The van der Waals surface area contributed by atoms with Gasteiger partial charge in [0.15, 0.2) is 0 Å². The predicted octanol–water partition coefficient (Wildman–Crippen LogP) is 2.30. The first-order chi connectivity index (χ1) is 10.7. The molecule has 0 fully saturated rings. The van der Waals surface area contributed by atoms with Crippen molar-refractivity contribution < 1.29 is 0 Å². The third kappa shape index (κ3) is 2.41. The molecule has 3 rings (SSSR count). The average molecular weight is 298 g/mol. The highest BCUT2D eigenvalue weighted by Crippen LogP contribution is 2.18. The van der Waals surface area contributed by atoms with E-state index in [-0.39, 0.29) is 5.56 Å². The molecule has 0 aliphatic heterocycles. The fourth-order valence-electron chi connectivity index (χ4n) is 2.98. The minimum atomic E-state index is -0.0136. The molecule has 1 aromatic carbocycles. The van der Waals surface area contributed by atoms with Gasteiger partial charge in [0.1, 0.15) is 0 Å². The largest absolute Gasteiger partial charge is 0.308 e. The molecule has 0 radical (unpaired) electrons. The van der Waals surface area contributed by atoms with Crippen molar-refractivity contribution in [2.24, 2.45) is 0 Å². The monoisotopic (exact) mass is 298 g/mol. The molecule has 2 heterocycles. The van der Waals surface area contributed by atoms with Gasteiger partial charge < -0.3 is 9.47 Å². The summed E-state index contributed by atoms with van der Waals surface area (Å²) in [6, 6.07) is 9.60. The Morgan fingerprint density at radius 3 is 2.50 bits per heavy atom. The van der Waals surface area contributed by atoms with Gasteiger partial charge in [-0.05, 0) is 32.1 Å². The molecule has 0 saturated carbocycles. The topological polar surface area (TPSA) is 42.5 Å². The van der Waals surface area contributed by atoms with Crippen LogP contribution in [-0.2, 0) is 6.54 Å². The van der Waals surface area contributed by atoms with Crippen molar-refractivity contribution in [2.75, 3.05) is 19.6 Å². The summed E-state index contributed by atoms with van der Waals surface area (Å²) in [7, 11) is 0. The van der Waals surface area contributed by atoms with Crippen molar-refractivity contribution in [3.63, 3.8) is 0 Å². The van der Waals surface area contributed by atoms with Crippen LogP contribution in [0, 0.1) is 6.92 Å². The third-order valence-corrected chi connectivity index (χ3v) is 4.22. The number of para-hydroxylation sites is 2. The molecular formula is C17H22N4O. The Morgan fingerprint density at radius 1 is 1.14 bits per heavy atom. The van der Waals surface area contributed by atoms with Crippen LogP contribution in [0.4, 0.5) is 0 Å². The smallest absolute Gasteiger partial charge is 0.259 e. The lowest BCUT2D eigenvalue weighted by Gasteiger charge is -2.18. The van der Waals surface area contributed by atoms with E-state index >= 15 is 0 Å². The van der Waals surface area contributed by atoms with E-state index in [1.807, 2.05) is 25.1 Å². The molecule has 0 atom stereocenters. The number of hydrogen-bond acceptors (Lipinski definition) is 3. The maximum Gasteiger partial charge on any atom is 0.259 e. The molecular weight excluding hydrogens is 276 g/mol. The van der Waals surface area contributed by atoms with Crippen molar-refractivity contribution in [2.45, 2.75) is 27.3 Å². The first-order valence-corrected chi connectivity index (χ1v) is 7.85. The highest BCUT2D eigenvalue weighted by atomic mass is 16.1. The molecule has 0 bridgehead atoms. The molecule has 0 aliphatic carbocycles. The Labute approximate surface area is 129 Å².